The van der Waals surface area contributed by atoms with Crippen molar-refractivity contribution in [2.75, 3.05) is 18.4 Å². The molecule has 2 fully saturated rings. The number of likely N-dealkylation sites (tertiary alicyclic amines) is 1. The van der Waals surface area contributed by atoms with Crippen LogP contribution in [0.1, 0.15) is 50.6 Å². The fourth-order valence-corrected chi connectivity index (χ4v) is 4.17. The van der Waals surface area contributed by atoms with Crippen molar-refractivity contribution in [2.45, 2.75) is 57.2 Å². The van der Waals surface area contributed by atoms with Crippen LogP contribution < -0.4 is 11.1 Å². The van der Waals surface area contributed by atoms with Crippen LogP contribution in [0, 0.1) is 11.8 Å². The van der Waals surface area contributed by atoms with Crippen molar-refractivity contribution in [1.82, 2.24) is 9.88 Å². The number of nitrogens with zero attached hydrogens (tertiary/aromatic N) is 2. The molecular formula is C20H27F3N4O2. The van der Waals surface area contributed by atoms with Crippen LogP contribution in [0.2, 0.25) is 0 Å². The molecule has 29 heavy (non-hydrogen) atoms. The molecule has 2 amide bonds. The van der Waals surface area contributed by atoms with E-state index in [4.69, 9.17) is 5.73 Å². The van der Waals surface area contributed by atoms with Gasteiger partial charge in [-0.05, 0) is 43.7 Å². The molecular weight excluding hydrogens is 385 g/mol. The number of nitrogens with one attached hydrogen (secondary N) is 1. The first kappa shape index (κ1) is 21.5. The largest absolute Gasteiger partial charge is 0.433 e. The van der Waals surface area contributed by atoms with Gasteiger partial charge in [-0.25, -0.2) is 4.98 Å². The van der Waals surface area contributed by atoms with Gasteiger partial charge in [0.2, 0.25) is 11.8 Å². The number of pyridine rings is 1. The first-order valence-corrected chi connectivity index (χ1v) is 10.1. The number of hydrogen-bond acceptors (Lipinski definition) is 4. The summed E-state index contributed by atoms with van der Waals surface area (Å²) in [5.74, 6) is -0.0705. The molecule has 9 heteroatoms. The maximum atomic E-state index is 12.7. The van der Waals surface area contributed by atoms with E-state index in [0.717, 1.165) is 50.8 Å². The molecule has 1 aromatic heterocycles. The van der Waals surface area contributed by atoms with Crippen LogP contribution in [0.4, 0.5) is 18.9 Å². The average molecular weight is 412 g/mol. The molecule has 2 aliphatic rings. The Morgan fingerprint density at radius 2 is 1.83 bits per heavy atom. The van der Waals surface area contributed by atoms with Gasteiger partial charge < -0.3 is 16.0 Å². The number of rotatable bonds is 4. The maximum Gasteiger partial charge on any atom is 0.433 e. The number of halogens is 3. The van der Waals surface area contributed by atoms with E-state index in [1.165, 1.54) is 6.07 Å². The third-order valence-electron chi connectivity index (χ3n) is 5.87. The molecule has 3 rings (SSSR count). The molecule has 0 unspecified atom stereocenters. The summed E-state index contributed by atoms with van der Waals surface area (Å²) in [6, 6.07) is 1.98. The Morgan fingerprint density at radius 3 is 2.41 bits per heavy atom. The second-order valence-corrected chi connectivity index (χ2v) is 8.01. The van der Waals surface area contributed by atoms with Gasteiger partial charge in [-0.2, -0.15) is 13.2 Å². The molecule has 0 radical (unpaired) electrons. The number of anilines is 1. The molecule has 0 aromatic carbocycles. The Labute approximate surface area is 168 Å². The number of alkyl halides is 3. The molecule has 0 spiro atoms. The fraction of sp³-hybridized carbons (Fsp3) is 0.650. The van der Waals surface area contributed by atoms with Crippen molar-refractivity contribution in [1.29, 1.82) is 0 Å². The lowest BCUT2D eigenvalue weighted by atomic mass is 9.83. The lowest BCUT2D eigenvalue weighted by Crippen LogP contribution is -2.48. The summed E-state index contributed by atoms with van der Waals surface area (Å²) >= 11 is 0. The summed E-state index contributed by atoms with van der Waals surface area (Å²) in [7, 11) is 0. The summed E-state index contributed by atoms with van der Waals surface area (Å²) in [5.41, 5.74) is 5.36. The summed E-state index contributed by atoms with van der Waals surface area (Å²) in [6.45, 7) is 1.23. The Morgan fingerprint density at radius 1 is 1.14 bits per heavy atom. The molecule has 2 heterocycles. The molecule has 1 saturated carbocycles. The minimum Gasteiger partial charge on any atom is -0.342 e. The molecule has 160 valence electrons. The third-order valence-corrected chi connectivity index (χ3v) is 5.87. The van der Waals surface area contributed by atoms with E-state index in [0.29, 0.717) is 13.1 Å². The number of piperidine rings is 1. The second kappa shape index (κ2) is 9.11. The fourth-order valence-electron chi connectivity index (χ4n) is 4.17. The van der Waals surface area contributed by atoms with Crippen LogP contribution in [0.5, 0.6) is 0 Å². The minimum absolute atomic E-state index is 0.0582. The van der Waals surface area contributed by atoms with Crippen LogP contribution in [0.3, 0.4) is 0 Å². The van der Waals surface area contributed by atoms with Gasteiger partial charge in [-0.3, -0.25) is 9.59 Å². The van der Waals surface area contributed by atoms with E-state index in [9.17, 15) is 22.8 Å². The minimum atomic E-state index is -4.50. The number of aromatic nitrogens is 1. The summed E-state index contributed by atoms with van der Waals surface area (Å²) in [6.07, 6.45) is 2.10. The lowest BCUT2D eigenvalue weighted by molar-refractivity contribution is -0.141. The number of carbonyl (C=O) groups is 2. The molecule has 6 nitrogen and oxygen atoms in total. The van der Waals surface area contributed by atoms with Crippen LogP contribution in [0.15, 0.2) is 18.3 Å². The zero-order valence-corrected chi connectivity index (χ0v) is 16.3. The lowest BCUT2D eigenvalue weighted by Gasteiger charge is -2.37. The topological polar surface area (TPSA) is 88.3 Å². The van der Waals surface area contributed by atoms with E-state index in [2.05, 4.69) is 10.3 Å². The van der Waals surface area contributed by atoms with E-state index in [-0.39, 0.29) is 41.8 Å². The van der Waals surface area contributed by atoms with Crippen molar-refractivity contribution in [3.63, 3.8) is 0 Å². The smallest absolute Gasteiger partial charge is 0.342 e. The average Bonchev–Trinajstić information content (AvgIpc) is 2.68. The maximum absolute atomic E-state index is 12.7. The quantitative estimate of drug-likeness (QED) is 0.795. The Kier molecular flexibility index (Phi) is 6.77. The zero-order valence-electron chi connectivity index (χ0n) is 16.3. The summed E-state index contributed by atoms with van der Waals surface area (Å²) in [5, 5.41) is 2.59. The number of carbonyl (C=O) groups excluding carboxylic acids is 2. The predicted octanol–water partition coefficient (Wildman–Crippen LogP) is 3.19. The standard InChI is InChI=1S/C20H27F3N4O2/c21-20(22,23)17-6-5-14(12-25-17)26-18(28)11-13-7-9-27(10-8-13)19(29)15-3-1-2-4-16(15)24/h5-6,12-13,15-16H,1-4,7-11,24H2,(H,26,28)/t15-,16-/m0/s1. The highest BCUT2D eigenvalue weighted by molar-refractivity contribution is 5.90. The second-order valence-electron chi connectivity index (χ2n) is 8.01. The molecule has 1 aliphatic carbocycles. The molecule has 2 atom stereocenters. The molecule has 0 bridgehead atoms. The van der Waals surface area contributed by atoms with Gasteiger partial charge in [0.05, 0.1) is 17.8 Å². The molecule has 3 N–H and O–H groups in total. The van der Waals surface area contributed by atoms with Gasteiger partial charge >= 0.3 is 6.18 Å². The van der Waals surface area contributed by atoms with Crippen molar-refractivity contribution >= 4 is 17.5 Å². The van der Waals surface area contributed by atoms with Crippen molar-refractivity contribution in [3.05, 3.63) is 24.0 Å². The van der Waals surface area contributed by atoms with Gasteiger partial charge in [0.25, 0.3) is 0 Å². The molecule has 1 aromatic rings. The van der Waals surface area contributed by atoms with Crippen molar-refractivity contribution in [2.24, 2.45) is 17.6 Å². The summed E-state index contributed by atoms with van der Waals surface area (Å²) in [4.78, 5) is 30.1. The Bertz CT molecular complexity index is 715. The van der Waals surface area contributed by atoms with Gasteiger partial charge in [-0.15, -0.1) is 0 Å². The third kappa shape index (κ3) is 5.68. The van der Waals surface area contributed by atoms with Crippen LogP contribution in [0.25, 0.3) is 0 Å². The van der Waals surface area contributed by atoms with Gasteiger partial charge in [0.15, 0.2) is 0 Å². The first-order chi connectivity index (χ1) is 13.7. The Hall–Kier alpha value is -2.16. The van der Waals surface area contributed by atoms with Crippen LogP contribution in [-0.2, 0) is 15.8 Å². The molecule has 1 saturated heterocycles. The predicted molar refractivity (Wildman–Crippen MR) is 102 cm³/mol. The highest BCUT2D eigenvalue weighted by Gasteiger charge is 2.34. The first-order valence-electron chi connectivity index (χ1n) is 10.1. The normalized spacial score (nSPS) is 23.7. The van der Waals surface area contributed by atoms with Gasteiger partial charge in [0, 0.05) is 25.6 Å². The number of amides is 2. The number of nitrogens with two attached hydrogens (primary N) is 1. The Balaban J connectivity index is 1.44. The summed E-state index contributed by atoms with van der Waals surface area (Å²) < 4.78 is 37.6. The van der Waals surface area contributed by atoms with E-state index < -0.39 is 11.9 Å². The van der Waals surface area contributed by atoms with Crippen molar-refractivity contribution in [3.8, 4) is 0 Å². The van der Waals surface area contributed by atoms with Crippen LogP contribution in [-0.4, -0.2) is 40.8 Å². The van der Waals surface area contributed by atoms with Crippen LogP contribution >= 0.6 is 0 Å². The highest BCUT2D eigenvalue weighted by atomic mass is 19.4. The monoisotopic (exact) mass is 412 g/mol. The number of hydrogen-bond donors (Lipinski definition) is 2. The zero-order chi connectivity index (χ0) is 21.0. The van der Waals surface area contributed by atoms with E-state index in [1.54, 1.807) is 0 Å². The van der Waals surface area contributed by atoms with Gasteiger partial charge in [0.1, 0.15) is 5.69 Å². The highest BCUT2D eigenvalue weighted by Crippen LogP contribution is 2.29. The van der Waals surface area contributed by atoms with E-state index >= 15 is 0 Å². The SMILES string of the molecule is N[C@H]1CCCC[C@@H]1C(=O)N1CCC(CC(=O)Nc2ccc(C(F)(F)F)nc2)CC1. The van der Waals surface area contributed by atoms with E-state index in [1.807, 2.05) is 4.90 Å². The van der Waals surface area contributed by atoms with Crippen molar-refractivity contribution < 1.29 is 22.8 Å². The molecule has 1 aliphatic heterocycles. The van der Waals surface area contributed by atoms with Gasteiger partial charge in [-0.1, -0.05) is 12.8 Å².